The van der Waals surface area contributed by atoms with E-state index in [1.165, 1.54) is 12.4 Å². The Labute approximate surface area is 81.5 Å². The summed E-state index contributed by atoms with van der Waals surface area (Å²) in [7, 11) is 0. The van der Waals surface area contributed by atoms with E-state index >= 15 is 0 Å². The lowest BCUT2D eigenvalue weighted by Gasteiger charge is -2.05. The molecule has 0 saturated heterocycles. The summed E-state index contributed by atoms with van der Waals surface area (Å²) in [5.74, 6) is 0.343. The minimum Gasteiger partial charge on any atom is -0.472 e. The summed E-state index contributed by atoms with van der Waals surface area (Å²) in [6.45, 7) is 3.87. The molecule has 0 aliphatic rings. The number of nitrogens with two attached hydrogens (primary N) is 1. The first kappa shape index (κ1) is 9.60. The molecular formula is C8H9N3OS. The molecule has 1 heterocycles. The average Bonchev–Trinajstić information content (AvgIpc) is 2.15. The molecule has 4 nitrogen and oxygen atoms in total. The Bertz CT molecular complexity index is 327. The van der Waals surface area contributed by atoms with E-state index in [0.717, 1.165) is 0 Å². The molecule has 0 spiro atoms. The molecule has 0 bridgehead atoms. The maximum absolute atomic E-state index is 5.41. The number of hydrogen-bond acceptors (Lipinski definition) is 4. The van der Waals surface area contributed by atoms with E-state index in [9.17, 15) is 0 Å². The van der Waals surface area contributed by atoms with Crippen molar-refractivity contribution in [2.24, 2.45) is 5.73 Å². The Morgan fingerprint density at radius 3 is 2.92 bits per heavy atom. The van der Waals surface area contributed by atoms with E-state index in [2.05, 4.69) is 16.5 Å². The highest BCUT2D eigenvalue weighted by Crippen LogP contribution is 2.10. The van der Waals surface area contributed by atoms with Gasteiger partial charge in [-0.25, -0.2) is 9.97 Å². The predicted octanol–water partition coefficient (Wildman–Crippen LogP) is 0.676. The highest BCUT2D eigenvalue weighted by Gasteiger charge is 2.07. The predicted molar refractivity (Wildman–Crippen MR) is 53.6 cm³/mol. The molecule has 0 saturated carbocycles. The number of thiocarbonyl (C=S) groups is 1. The highest BCUT2D eigenvalue weighted by molar-refractivity contribution is 7.80. The summed E-state index contributed by atoms with van der Waals surface area (Å²) in [4.78, 5) is 8.05. The van der Waals surface area contributed by atoms with Crippen molar-refractivity contribution in [3.8, 4) is 5.88 Å². The normalized spacial score (nSPS) is 9.23. The van der Waals surface area contributed by atoms with Gasteiger partial charge in [-0.1, -0.05) is 24.9 Å². The van der Waals surface area contributed by atoms with Crippen molar-refractivity contribution in [3.63, 3.8) is 0 Å². The van der Waals surface area contributed by atoms with Gasteiger partial charge >= 0.3 is 0 Å². The van der Waals surface area contributed by atoms with Crippen molar-refractivity contribution in [1.82, 2.24) is 9.97 Å². The monoisotopic (exact) mass is 195 g/mol. The smallest absolute Gasteiger partial charge is 0.243 e. The maximum Gasteiger partial charge on any atom is 0.243 e. The standard InChI is InChI=1S/C8H9N3OS/c1-2-5-12-8-6(7(9)13)10-3-4-11-8/h2-4H,1,5H2,(H2,9,13). The minimum absolute atomic E-state index is 0.173. The van der Waals surface area contributed by atoms with Gasteiger partial charge in [0.15, 0.2) is 5.69 Å². The fraction of sp³-hybridized carbons (Fsp3) is 0.125. The third-order valence-corrected chi connectivity index (χ3v) is 1.43. The van der Waals surface area contributed by atoms with Crippen LogP contribution in [0.2, 0.25) is 0 Å². The lowest BCUT2D eigenvalue weighted by Crippen LogP contribution is -2.14. The Morgan fingerprint density at radius 2 is 2.31 bits per heavy atom. The highest BCUT2D eigenvalue weighted by atomic mass is 32.1. The number of ether oxygens (including phenoxy) is 1. The molecule has 0 aliphatic heterocycles. The fourth-order valence-corrected chi connectivity index (χ4v) is 0.878. The van der Waals surface area contributed by atoms with Gasteiger partial charge in [-0.3, -0.25) is 0 Å². The SMILES string of the molecule is C=CCOc1nccnc1C(N)=S. The number of hydrogen-bond donors (Lipinski definition) is 1. The summed E-state index contributed by atoms with van der Waals surface area (Å²) in [5, 5.41) is 0. The van der Waals surface area contributed by atoms with Crippen molar-refractivity contribution < 1.29 is 4.74 Å². The molecule has 5 heteroatoms. The average molecular weight is 195 g/mol. The molecular weight excluding hydrogens is 186 g/mol. The summed E-state index contributed by atoms with van der Waals surface area (Å²) in [6.07, 6.45) is 4.63. The topological polar surface area (TPSA) is 61.0 Å². The Kier molecular flexibility index (Phi) is 3.33. The number of aromatic nitrogens is 2. The van der Waals surface area contributed by atoms with Gasteiger partial charge < -0.3 is 10.5 Å². The van der Waals surface area contributed by atoms with Crippen LogP contribution < -0.4 is 10.5 Å². The molecule has 13 heavy (non-hydrogen) atoms. The van der Waals surface area contributed by atoms with E-state index < -0.39 is 0 Å². The molecule has 0 fully saturated rings. The lowest BCUT2D eigenvalue weighted by molar-refractivity contribution is 0.346. The zero-order valence-corrected chi connectivity index (χ0v) is 7.75. The van der Waals surface area contributed by atoms with Crippen molar-refractivity contribution in [3.05, 3.63) is 30.7 Å². The molecule has 0 radical (unpaired) electrons. The molecule has 1 rings (SSSR count). The van der Waals surface area contributed by atoms with Crippen LogP contribution in [0.3, 0.4) is 0 Å². The molecule has 1 aromatic rings. The van der Waals surface area contributed by atoms with E-state index in [1.807, 2.05) is 0 Å². The first-order chi connectivity index (χ1) is 6.25. The van der Waals surface area contributed by atoms with Crippen LogP contribution in [-0.2, 0) is 0 Å². The van der Waals surface area contributed by atoms with Gasteiger partial charge in [0.25, 0.3) is 0 Å². The van der Waals surface area contributed by atoms with E-state index in [-0.39, 0.29) is 4.99 Å². The van der Waals surface area contributed by atoms with E-state index in [1.54, 1.807) is 6.08 Å². The largest absolute Gasteiger partial charge is 0.472 e. The third-order valence-electron chi connectivity index (χ3n) is 1.24. The first-order valence-corrected chi connectivity index (χ1v) is 4.01. The van der Waals surface area contributed by atoms with Gasteiger partial charge in [0.05, 0.1) is 0 Å². The third kappa shape index (κ3) is 2.48. The van der Waals surface area contributed by atoms with Crippen LogP contribution in [0.25, 0.3) is 0 Å². The van der Waals surface area contributed by atoms with Gasteiger partial charge in [0, 0.05) is 12.4 Å². The maximum atomic E-state index is 5.41. The van der Waals surface area contributed by atoms with Gasteiger partial charge in [-0.15, -0.1) is 0 Å². The van der Waals surface area contributed by atoms with Crippen LogP contribution >= 0.6 is 12.2 Å². The van der Waals surface area contributed by atoms with Crippen LogP contribution in [0.15, 0.2) is 25.0 Å². The summed E-state index contributed by atoms with van der Waals surface area (Å²) in [5.41, 5.74) is 5.81. The van der Waals surface area contributed by atoms with Crippen molar-refractivity contribution in [1.29, 1.82) is 0 Å². The van der Waals surface area contributed by atoms with Gasteiger partial charge in [0.1, 0.15) is 11.6 Å². The van der Waals surface area contributed by atoms with Crippen LogP contribution in [0, 0.1) is 0 Å². The van der Waals surface area contributed by atoms with Crippen LogP contribution in [0.1, 0.15) is 5.69 Å². The Balaban J connectivity index is 2.90. The molecule has 0 atom stereocenters. The van der Waals surface area contributed by atoms with Crippen molar-refractivity contribution in [2.45, 2.75) is 0 Å². The molecule has 0 aliphatic carbocycles. The first-order valence-electron chi connectivity index (χ1n) is 3.60. The number of rotatable bonds is 4. The summed E-state index contributed by atoms with van der Waals surface area (Å²) in [6, 6.07) is 0. The molecule has 0 amide bonds. The van der Waals surface area contributed by atoms with E-state index in [4.69, 9.17) is 22.7 Å². The molecule has 0 aromatic carbocycles. The minimum atomic E-state index is 0.173. The second-order valence-corrected chi connectivity index (χ2v) is 2.61. The number of nitrogens with zero attached hydrogens (tertiary/aromatic N) is 2. The van der Waals surface area contributed by atoms with Crippen LogP contribution in [0.4, 0.5) is 0 Å². The fourth-order valence-electron chi connectivity index (χ4n) is 0.738. The van der Waals surface area contributed by atoms with Crippen molar-refractivity contribution >= 4 is 17.2 Å². The second kappa shape index (κ2) is 4.51. The molecule has 1 aromatic heterocycles. The van der Waals surface area contributed by atoms with E-state index in [0.29, 0.717) is 18.2 Å². The zero-order chi connectivity index (χ0) is 9.68. The van der Waals surface area contributed by atoms with Crippen LogP contribution in [-0.4, -0.2) is 21.6 Å². The Hall–Kier alpha value is -1.49. The Morgan fingerprint density at radius 1 is 1.62 bits per heavy atom. The van der Waals surface area contributed by atoms with Gasteiger partial charge in [-0.2, -0.15) is 0 Å². The molecule has 0 unspecified atom stereocenters. The van der Waals surface area contributed by atoms with Crippen molar-refractivity contribution in [2.75, 3.05) is 6.61 Å². The quantitative estimate of drug-likeness (QED) is 0.565. The zero-order valence-electron chi connectivity index (χ0n) is 6.93. The van der Waals surface area contributed by atoms with Gasteiger partial charge in [-0.05, 0) is 0 Å². The van der Waals surface area contributed by atoms with Gasteiger partial charge in [0.2, 0.25) is 5.88 Å². The van der Waals surface area contributed by atoms with Crippen LogP contribution in [0.5, 0.6) is 5.88 Å². The summed E-state index contributed by atoms with van der Waals surface area (Å²) < 4.78 is 5.19. The lowest BCUT2D eigenvalue weighted by atomic mass is 10.4. The molecule has 2 N–H and O–H groups in total. The second-order valence-electron chi connectivity index (χ2n) is 2.17. The molecule has 68 valence electrons. The summed E-state index contributed by atoms with van der Waals surface area (Å²) >= 11 is 4.77.